The first-order chi connectivity index (χ1) is 10.2. The molecule has 0 spiro atoms. The van der Waals surface area contributed by atoms with Crippen LogP contribution < -0.4 is 5.73 Å². The molecule has 1 heterocycles. The maximum atomic E-state index is 5.57. The highest BCUT2D eigenvalue weighted by Crippen LogP contribution is 2.21. The SMILES string of the molecule is COCCOCCS.Cc1[nH]c2ccccc2c1CCN. The van der Waals surface area contributed by atoms with E-state index >= 15 is 0 Å². The van der Waals surface area contributed by atoms with E-state index in [1.165, 1.54) is 22.2 Å². The third-order valence-electron chi connectivity index (χ3n) is 3.09. The molecule has 4 nitrogen and oxygen atoms in total. The van der Waals surface area contributed by atoms with Crippen LogP contribution in [0.1, 0.15) is 11.3 Å². The first kappa shape index (κ1) is 18.0. The summed E-state index contributed by atoms with van der Waals surface area (Å²) in [5.74, 6) is 0.781. The molecular weight excluding hydrogens is 284 g/mol. The molecular formula is C16H26N2O2S. The molecule has 2 aromatic rings. The van der Waals surface area contributed by atoms with Gasteiger partial charge in [-0.1, -0.05) is 18.2 Å². The fraction of sp³-hybridized carbons (Fsp3) is 0.500. The fourth-order valence-electron chi connectivity index (χ4n) is 2.11. The molecule has 1 aromatic carbocycles. The molecule has 2 rings (SSSR count). The van der Waals surface area contributed by atoms with Crippen molar-refractivity contribution in [3.8, 4) is 0 Å². The number of nitrogens with two attached hydrogens (primary N) is 1. The summed E-state index contributed by atoms with van der Waals surface area (Å²) in [6.45, 7) is 4.88. The van der Waals surface area contributed by atoms with Crippen molar-refractivity contribution in [2.45, 2.75) is 13.3 Å². The zero-order valence-electron chi connectivity index (χ0n) is 12.9. The molecule has 0 bridgehead atoms. The standard InChI is InChI=1S/C11H14N2.C5H12O2S/c1-8-9(6-7-12)10-4-2-3-5-11(10)13-8;1-6-2-3-7-4-5-8/h2-5,13H,6-7,12H2,1H3;8H,2-5H2,1H3. The van der Waals surface area contributed by atoms with Gasteiger partial charge in [0.2, 0.25) is 0 Å². The van der Waals surface area contributed by atoms with Crippen molar-refractivity contribution in [1.82, 2.24) is 4.98 Å². The molecule has 0 radical (unpaired) electrons. The molecule has 118 valence electrons. The number of fused-ring (bicyclic) bond motifs is 1. The number of ether oxygens (including phenoxy) is 2. The van der Waals surface area contributed by atoms with Crippen molar-refractivity contribution in [3.05, 3.63) is 35.5 Å². The van der Waals surface area contributed by atoms with Gasteiger partial charge < -0.3 is 20.2 Å². The fourth-order valence-corrected chi connectivity index (χ4v) is 2.24. The number of methoxy groups -OCH3 is 1. The second kappa shape index (κ2) is 10.7. The van der Waals surface area contributed by atoms with Gasteiger partial charge in [-0.3, -0.25) is 0 Å². The number of rotatable bonds is 7. The Kier molecular flexibility index (Phi) is 9.17. The molecule has 21 heavy (non-hydrogen) atoms. The summed E-state index contributed by atoms with van der Waals surface area (Å²) in [5.41, 5.74) is 9.38. The molecule has 5 heteroatoms. The quantitative estimate of drug-likeness (QED) is 0.544. The largest absolute Gasteiger partial charge is 0.382 e. The van der Waals surface area contributed by atoms with Gasteiger partial charge in [-0.25, -0.2) is 0 Å². The van der Waals surface area contributed by atoms with E-state index in [1.54, 1.807) is 7.11 Å². The lowest BCUT2D eigenvalue weighted by Crippen LogP contribution is -2.03. The summed E-state index contributed by atoms with van der Waals surface area (Å²) in [6.07, 6.45) is 0.954. The summed E-state index contributed by atoms with van der Waals surface area (Å²) in [7, 11) is 1.66. The van der Waals surface area contributed by atoms with Crippen molar-refractivity contribution in [2.24, 2.45) is 5.73 Å². The number of aryl methyl sites for hydroxylation is 1. The van der Waals surface area contributed by atoms with Crippen LogP contribution in [0.2, 0.25) is 0 Å². The Hall–Kier alpha value is -1.01. The average Bonchev–Trinajstić information content (AvgIpc) is 2.81. The van der Waals surface area contributed by atoms with Gasteiger partial charge in [0.05, 0.1) is 19.8 Å². The highest BCUT2D eigenvalue weighted by molar-refractivity contribution is 7.80. The Morgan fingerprint density at radius 3 is 2.62 bits per heavy atom. The van der Waals surface area contributed by atoms with Crippen molar-refractivity contribution < 1.29 is 9.47 Å². The Morgan fingerprint density at radius 2 is 1.95 bits per heavy atom. The molecule has 0 aliphatic rings. The predicted molar refractivity (Wildman–Crippen MR) is 92.3 cm³/mol. The third kappa shape index (κ3) is 6.09. The molecule has 0 amide bonds. The summed E-state index contributed by atoms with van der Waals surface area (Å²) >= 11 is 3.96. The molecule has 0 unspecified atom stereocenters. The van der Waals surface area contributed by atoms with E-state index in [9.17, 15) is 0 Å². The Morgan fingerprint density at radius 1 is 1.19 bits per heavy atom. The normalized spacial score (nSPS) is 10.5. The van der Waals surface area contributed by atoms with Crippen molar-refractivity contribution in [3.63, 3.8) is 0 Å². The van der Waals surface area contributed by atoms with Crippen LogP contribution in [0.25, 0.3) is 10.9 Å². The number of thiol groups is 1. The molecule has 0 aliphatic carbocycles. The van der Waals surface area contributed by atoms with Gasteiger partial charge >= 0.3 is 0 Å². The number of hydrogen-bond donors (Lipinski definition) is 3. The van der Waals surface area contributed by atoms with Crippen LogP contribution in [0, 0.1) is 6.92 Å². The van der Waals surface area contributed by atoms with Crippen LogP contribution in [0.3, 0.4) is 0 Å². The first-order valence-corrected chi connectivity index (χ1v) is 7.81. The maximum Gasteiger partial charge on any atom is 0.0700 e. The molecule has 0 aliphatic heterocycles. The van der Waals surface area contributed by atoms with Crippen molar-refractivity contribution in [2.75, 3.05) is 39.2 Å². The number of hydrogen-bond acceptors (Lipinski definition) is 4. The predicted octanol–water partition coefficient (Wildman–Crippen LogP) is 2.56. The lowest BCUT2D eigenvalue weighted by molar-refractivity contribution is 0.0791. The van der Waals surface area contributed by atoms with Crippen molar-refractivity contribution in [1.29, 1.82) is 0 Å². The van der Waals surface area contributed by atoms with Gasteiger partial charge in [0, 0.05) is 29.5 Å². The number of aromatic nitrogens is 1. The topological polar surface area (TPSA) is 60.3 Å². The van der Waals surface area contributed by atoms with Gasteiger partial charge in [-0.2, -0.15) is 12.6 Å². The minimum absolute atomic E-state index is 0.674. The van der Waals surface area contributed by atoms with Crippen LogP contribution in [0.5, 0.6) is 0 Å². The van der Waals surface area contributed by atoms with Crippen molar-refractivity contribution >= 4 is 23.5 Å². The molecule has 1 aromatic heterocycles. The van der Waals surface area contributed by atoms with E-state index in [2.05, 4.69) is 42.7 Å². The number of nitrogens with one attached hydrogen (secondary N) is 1. The van der Waals surface area contributed by atoms with Crippen LogP contribution in [0.15, 0.2) is 24.3 Å². The molecule has 3 N–H and O–H groups in total. The zero-order chi connectivity index (χ0) is 15.5. The number of aromatic amines is 1. The lowest BCUT2D eigenvalue weighted by atomic mass is 10.1. The van der Waals surface area contributed by atoms with Gasteiger partial charge in [-0.05, 0) is 31.5 Å². The molecule has 0 atom stereocenters. The van der Waals surface area contributed by atoms with E-state index in [0.29, 0.717) is 26.4 Å². The van der Waals surface area contributed by atoms with Crippen LogP contribution in [-0.2, 0) is 15.9 Å². The highest BCUT2D eigenvalue weighted by Gasteiger charge is 2.05. The second-order valence-corrected chi connectivity index (χ2v) is 5.09. The minimum Gasteiger partial charge on any atom is -0.382 e. The Balaban J connectivity index is 0.000000240. The monoisotopic (exact) mass is 310 g/mol. The summed E-state index contributed by atoms with van der Waals surface area (Å²) < 4.78 is 9.76. The van der Waals surface area contributed by atoms with Gasteiger partial charge in [0.1, 0.15) is 0 Å². The van der Waals surface area contributed by atoms with Crippen LogP contribution >= 0.6 is 12.6 Å². The van der Waals surface area contributed by atoms with E-state index in [-0.39, 0.29) is 0 Å². The van der Waals surface area contributed by atoms with Crippen LogP contribution in [0.4, 0.5) is 0 Å². The summed E-state index contributed by atoms with van der Waals surface area (Å²) in [4.78, 5) is 3.36. The van der Waals surface area contributed by atoms with Crippen LogP contribution in [-0.4, -0.2) is 44.2 Å². The maximum absolute atomic E-state index is 5.57. The van der Waals surface area contributed by atoms with E-state index in [1.807, 2.05) is 6.07 Å². The third-order valence-corrected chi connectivity index (χ3v) is 3.27. The zero-order valence-corrected chi connectivity index (χ0v) is 13.8. The molecule has 0 saturated carbocycles. The minimum atomic E-state index is 0.674. The summed E-state index contributed by atoms with van der Waals surface area (Å²) in [6, 6.07) is 8.35. The molecule has 0 saturated heterocycles. The number of benzene rings is 1. The molecule has 0 fully saturated rings. The van der Waals surface area contributed by atoms with E-state index in [4.69, 9.17) is 15.2 Å². The Labute approximate surface area is 132 Å². The van der Waals surface area contributed by atoms with E-state index in [0.717, 1.165) is 12.2 Å². The summed E-state index contributed by atoms with van der Waals surface area (Å²) in [5, 5.41) is 1.31. The van der Waals surface area contributed by atoms with Gasteiger partial charge in [0.15, 0.2) is 0 Å². The average molecular weight is 310 g/mol. The van der Waals surface area contributed by atoms with Gasteiger partial charge in [-0.15, -0.1) is 0 Å². The highest BCUT2D eigenvalue weighted by atomic mass is 32.1. The van der Waals surface area contributed by atoms with E-state index < -0.39 is 0 Å². The van der Waals surface area contributed by atoms with Gasteiger partial charge in [0.25, 0.3) is 0 Å². The smallest absolute Gasteiger partial charge is 0.0700 e. The first-order valence-electron chi connectivity index (χ1n) is 7.18. The lowest BCUT2D eigenvalue weighted by Gasteiger charge is -1.98. The number of H-pyrrole nitrogens is 1. The number of para-hydroxylation sites is 1. The second-order valence-electron chi connectivity index (χ2n) is 4.64. The Bertz CT molecular complexity index is 508.